The molecule has 1 amide bonds. The highest BCUT2D eigenvalue weighted by Gasteiger charge is 2.24. The van der Waals surface area contributed by atoms with Crippen molar-refractivity contribution in [3.05, 3.63) is 35.4 Å². The third-order valence-electron chi connectivity index (χ3n) is 5.30. The van der Waals surface area contributed by atoms with E-state index < -0.39 is 0 Å². The zero-order valence-electron chi connectivity index (χ0n) is 16.6. The minimum Gasteiger partial charge on any atom is -0.384 e. The Balaban J connectivity index is 1.56. The summed E-state index contributed by atoms with van der Waals surface area (Å²) in [5.74, 6) is 1.85. The molecule has 2 saturated heterocycles. The molecule has 2 fully saturated rings. The molecule has 6 nitrogen and oxygen atoms in total. The van der Waals surface area contributed by atoms with Gasteiger partial charge in [-0.05, 0) is 30.9 Å². The summed E-state index contributed by atoms with van der Waals surface area (Å²) in [4.78, 5) is 20.9. The molecule has 2 aliphatic rings. The minimum atomic E-state index is 0.274. The second-order valence-electron chi connectivity index (χ2n) is 7.46. The van der Waals surface area contributed by atoms with Gasteiger partial charge in [0.25, 0.3) is 0 Å². The van der Waals surface area contributed by atoms with Crippen molar-refractivity contribution in [2.45, 2.75) is 39.3 Å². The molecular weight excluding hydrogens is 340 g/mol. The number of carbonyl (C=O) groups excluding carboxylic acids is 1. The van der Waals surface area contributed by atoms with E-state index in [4.69, 9.17) is 9.73 Å². The Morgan fingerprint density at radius 1 is 1.26 bits per heavy atom. The molecular formula is C21H32N4O2. The van der Waals surface area contributed by atoms with Crippen molar-refractivity contribution in [3.8, 4) is 0 Å². The van der Waals surface area contributed by atoms with Crippen LogP contribution in [0.1, 0.15) is 37.3 Å². The first-order valence-electron chi connectivity index (χ1n) is 10.1. The van der Waals surface area contributed by atoms with Gasteiger partial charge in [0.05, 0.1) is 13.2 Å². The highest BCUT2D eigenvalue weighted by atomic mass is 16.5. The summed E-state index contributed by atoms with van der Waals surface area (Å²) >= 11 is 0. The lowest BCUT2D eigenvalue weighted by atomic mass is 10.1. The fourth-order valence-electron chi connectivity index (χ4n) is 3.83. The van der Waals surface area contributed by atoms with E-state index in [0.717, 1.165) is 58.1 Å². The number of guanidine groups is 1. The Kier molecular flexibility index (Phi) is 7.10. The summed E-state index contributed by atoms with van der Waals surface area (Å²) in [5, 5.41) is 3.41. The molecule has 148 valence electrons. The molecule has 0 aliphatic carbocycles. The Morgan fingerprint density at radius 2 is 2.04 bits per heavy atom. The largest absolute Gasteiger partial charge is 0.384 e. The van der Waals surface area contributed by atoms with Crippen molar-refractivity contribution in [3.63, 3.8) is 0 Å². The summed E-state index contributed by atoms with van der Waals surface area (Å²) in [6, 6.07) is 8.49. The zero-order valence-corrected chi connectivity index (χ0v) is 16.6. The van der Waals surface area contributed by atoms with Crippen LogP contribution >= 0.6 is 0 Å². The number of amides is 1. The first-order chi connectivity index (χ1) is 13.2. The number of aliphatic imine (C=N–C) groups is 1. The van der Waals surface area contributed by atoms with Gasteiger partial charge in [0.2, 0.25) is 5.91 Å². The second-order valence-corrected chi connectivity index (χ2v) is 7.46. The van der Waals surface area contributed by atoms with Crippen LogP contribution in [-0.2, 0) is 22.6 Å². The number of carbonyl (C=O) groups is 1. The van der Waals surface area contributed by atoms with Gasteiger partial charge in [-0.25, -0.2) is 4.99 Å². The van der Waals surface area contributed by atoms with E-state index in [2.05, 4.69) is 41.4 Å². The maximum absolute atomic E-state index is 11.8. The van der Waals surface area contributed by atoms with Crippen molar-refractivity contribution in [1.82, 2.24) is 15.1 Å². The molecule has 1 aromatic carbocycles. The fourth-order valence-corrected chi connectivity index (χ4v) is 3.83. The standard InChI is InChI=1S/C21H32N4O2/c1-3-22-21(25-12-10-19(15-25)16-27-2)23-13-17-6-8-18(9-7-17)14-24-11-4-5-20(24)26/h6-9,19H,3-5,10-16H2,1-2H3,(H,22,23). The SMILES string of the molecule is CCNC(=NCc1ccc(CN2CCCC2=O)cc1)N1CCC(COC)C1. The Bertz CT molecular complexity index is 644. The molecule has 27 heavy (non-hydrogen) atoms. The lowest BCUT2D eigenvalue weighted by molar-refractivity contribution is -0.128. The summed E-state index contributed by atoms with van der Waals surface area (Å²) in [6.45, 7) is 8.09. The summed E-state index contributed by atoms with van der Waals surface area (Å²) in [6.07, 6.45) is 2.84. The number of benzene rings is 1. The molecule has 0 spiro atoms. The van der Waals surface area contributed by atoms with Crippen LogP contribution in [-0.4, -0.2) is 61.6 Å². The Labute approximate surface area is 162 Å². The average Bonchev–Trinajstić information content (AvgIpc) is 3.30. The van der Waals surface area contributed by atoms with E-state index in [0.29, 0.717) is 18.9 Å². The monoisotopic (exact) mass is 372 g/mol. The molecule has 6 heteroatoms. The predicted molar refractivity (Wildman–Crippen MR) is 107 cm³/mol. The number of hydrogen-bond donors (Lipinski definition) is 1. The molecule has 0 radical (unpaired) electrons. The van der Waals surface area contributed by atoms with Crippen LogP contribution in [0, 0.1) is 5.92 Å². The van der Waals surface area contributed by atoms with Crippen molar-refractivity contribution in [2.24, 2.45) is 10.9 Å². The first kappa shape index (κ1) is 19.7. The van der Waals surface area contributed by atoms with Crippen LogP contribution < -0.4 is 5.32 Å². The van der Waals surface area contributed by atoms with Crippen molar-refractivity contribution >= 4 is 11.9 Å². The van der Waals surface area contributed by atoms with E-state index in [1.165, 1.54) is 11.1 Å². The van der Waals surface area contributed by atoms with Gasteiger partial charge < -0.3 is 19.9 Å². The van der Waals surface area contributed by atoms with Gasteiger partial charge in [0.15, 0.2) is 5.96 Å². The smallest absolute Gasteiger partial charge is 0.222 e. The lowest BCUT2D eigenvalue weighted by Gasteiger charge is -2.21. The third kappa shape index (κ3) is 5.45. The third-order valence-corrected chi connectivity index (χ3v) is 5.30. The Hall–Kier alpha value is -2.08. The predicted octanol–water partition coefficient (Wildman–Crippen LogP) is 2.24. The number of likely N-dealkylation sites (tertiary alicyclic amines) is 2. The molecule has 1 unspecified atom stereocenters. The van der Waals surface area contributed by atoms with Crippen LogP contribution in [0.5, 0.6) is 0 Å². The van der Waals surface area contributed by atoms with Crippen molar-refractivity contribution in [1.29, 1.82) is 0 Å². The van der Waals surface area contributed by atoms with Gasteiger partial charge in [-0.2, -0.15) is 0 Å². The highest BCUT2D eigenvalue weighted by molar-refractivity contribution is 5.80. The summed E-state index contributed by atoms with van der Waals surface area (Å²) in [7, 11) is 1.77. The zero-order chi connectivity index (χ0) is 19.1. The normalized spacial score (nSPS) is 20.6. The molecule has 1 aromatic rings. The van der Waals surface area contributed by atoms with Gasteiger partial charge in [0.1, 0.15) is 0 Å². The van der Waals surface area contributed by atoms with Crippen LogP contribution in [0.15, 0.2) is 29.3 Å². The molecule has 3 rings (SSSR count). The van der Waals surface area contributed by atoms with Gasteiger partial charge in [-0.3, -0.25) is 4.79 Å². The topological polar surface area (TPSA) is 57.2 Å². The molecule has 2 heterocycles. The van der Waals surface area contributed by atoms with Crippen LogP contribution in [0.4, 0.5) is 0 Å². The average molecular weight is 373 g/mol. The van der Waals surface area contributed by atoms with Gasteiger partial charge in [-0.1, -0.05) is 24.3 Å². The van der Waals surface area contributed by atoms with Crippen LogP contribution in [0.2, 0.25) is 0 Å². The number of methoxy groups -OCH3 is 1. The minimum absolute atomic E-state index is 0.274. The van der Waals surface area contributed by atoms with Crippen LogP contribution in [0.25, 0.3) is 0 Å². The fraction of sp³-hybridized carbons (Fsp3) is 0.619. The van der Waals surface area contributed by atoms with E-state index in [1.54, 1.807) is 7.11 Å². The molecule has 0 aromatic heterocycles. The maximum atomic E-state index is 11.8. The first-order valence-corrected chi connectivity index (χ1v) is 10.1. The van der Waals surface area contributed by atoms with Gasteiger partial charge in [0, 0.05) is 52.2 Å². The van der Waals surface area contributed by atoms with Crippen molar-refractivity contribution < 1.29 is 9.53 Å². The maximum Gasteiger partial charge on any atom is 0.222 e. The molecule has 0 bridgehead atoms. The van der Waals surface area contributed by atoms with E-state index in [1.807, 2.05) is 4.90 Å². The molecule has 0 saturated carbocycles. The van der Waals surface area contributed by atoms with E-state index in [-0.39, 0.29) is 5.91 Å². The van der Waals surface area contributed by atoms with E-state index >= 15 is 0 Å². The molecule has 2 aliphatic heterocycles. The number of hydrogen-bond acceptors (Lipinski definition) is 3. The van der Waals surface area contributed by atoms with E-state index in [9.17, 15) is 4.79 Å². The van der Waals surface area contributed by atoms with Gasteiger partial charge >= 0.3 is 0 Å². The number of nitrogens with zero attached hydrogens (tertiary/aromatic N) is 3. The van der Waals surface area contributed by atoms with Gasteiger partial charge in [-0.15, -0.1) is 0 Å². The lowest BCUT2D eigenvalue weighted by Crippen LogP contribution is -2.40. The summed E-state index contributed by atoms with van der Waals surface area (Å²) < 4.78 is 5.30. The Morgan fingerprint density at radius 3 is 2.70 bits per heavy atom. The number of ether oxygens (including phenoxy) is 1. The molecule has 1 N–H and O–H groups in total. The highest BCUT2D eigenvalue weighted by Crippen LogP contribution is 2.17. The number of rotatable bonds is 7. The molecule has 1 atom stereocenters. The number of nitrogens with one attached hydrogen (secondary N) is 1. The van der Waals surface area contributed by atoms with Crippen LogP contribution in [0.3, 0.4) is 0 Å². The second kappa shape index (κ2) is 9.74. The van der Waals surface area contributed by atoms with Crippen molar-refractivity contribution in [2.75, 3.05) is 39.9 Å². The quantitative estimate of drug-likeness (QED) is 0.589. The summed E-state index contributed by atoms with van der Waals surface area (Å²) in [5.41, 5.74) is 2.38.